The molecule has 30 heavy (non-hydrogen) atoms. The normalized spacial score (nSPS) is 15.2. The minimum atomic E-state index is -0.924. The number of amides is 1. The van der Waals surface area contributed by atoms with Gasteiger partial charge in [0, 0.05) is 12.6 Å². The highest BCUT2D eigenvalue weighted by Gasteiger charge is 2.21. The summed E-state index contributed by atoms with van der Waals surface area (Å²) in [4.78, 5) is 11.5. The van der Waals surface area contributed by atoms with E-state index >= 15 is 0 Å². The van der Waals surface area contributed by atoms with Crippen molar-refractivity contribution in [1.29, 1.82) is 0 Å². The minimum Gasteiger partial charge on any atom is -0.454 e. The molecule has 2 rings (SSSR count). The van der Waals surface area contributed by atoms with Crippen molar-refractivity contribution in [1.82, 2.24) is 5.32 Å². The van der Waals surface area contributed by atoms with Crippen LogP contribution in [0.4, 0.5) is 0 Å². The summed E-state index contributed by atoms with van der Waals surface area (Å²) in [5.41, 5.74) is 0.642. The highest BCUT2D eigenvalue weighted by atomic mass is 16.7. The van der Waals surface area contributed by atoms with Gasteiger partial charge in [0.15, 0.2) is 11.5 Å². The molecule has 0 bridgehead atoms. The molecule has 6 nitrogen and oxygen atoms in total. The van der Waals surface area contributed by atoms with E-state index in [1.54, 1.807) is 30.4 Å². The van der Waals surface area contributed by atoms with E-state index in [4.69, 9.17) is 9.47 Å². The Morgan fingerprint density at radius 2 is 1.87 bits per heavy atom. The Hall–Kier alpha value is -2.31. The number of fused-ring (bicyclic) bond motifs is 1. The maximum absolute atomic E-state index is 11.5. The van der Waals surface area contributed by atoms with Crippen molar-refractivity contribution in [3.8, 4) is 11.5 Å². The number of nitrogens with one attached hydrogen (secondary N) is 1. The number of hydrogen-bond acceptors (Lipinski definition) is 5. The fourth-order valence-corrected chi connectivity index (χ4v) is 3.13. The van der Waals surface area contributed by atoms with Gasteiger partial charge in [-0.3, -0.25) is 4.79 Å². The number of hydrogen-bond donors (Lipinski definition) is 3. The Balaban J connectivity index is 1.53. The Morgan fingerprint density at radius 3 is 2.67 bits per heavy atom. The van der Waals surface area contributed by atoms with E-state index in [2.05, 4.69) is 25.2 Å². The lowest BCUT2D eigenvalue weighted by Gasteiger charge is -2.18. The van der Waals surface area contributed by atoms with Gasteiger partial charge >= 0.3 is 0 Å². The highest BCUT2D eigenvalue weighted by Crippen LogP contribution is 2.35. The van der Waals surface area contributed by atoms with Crippen molar-refractivity contribution in [2.75, 3.05) is 13.3 Å². The fraction of sp³-hybridized carbons (Fsp3) is 0.542. The van der Waals surface area contributed by atoms with Crippen LogP contribution in [0, 0.1) is 5.92 Å². The zero-order valence-electron chi connectivity index (χ0n) is 18.0. The molecule has 0 saturated heterocycles. The standard InChI is InChI=1S/C24H35NO5/c1-18(2)16-25-23(27)12-10-8-6-4-3-5-7-9-11-20(26)24(28)19-13-14-21-22(15-19)30-17-29-21/h6,8,10,12-15,18,20,24,26,28H,3-5,7,9,11,16-17H2,1-2H3,(H,25,27)/b8-6+,12-10+. The van der Waals surface area contributed by atoms with Gasteiger partial charge < -0.3 is 25.0 Å². The summed E-state index contributed by atoms with van der Waals surface area (Å²) in [5, 5.41) is 23.4. The van der Waals surface area contributed by atoms with Crippen molar-refractivity contribution < 1.29 is 24.5 Å². The van der Waals surface area contributed by atoms with E-state index in [1.807, 2.05) is 6.08 Å². The molecule has 0 fully saturated rings. The number of rotatable bonds is 13. The molecule has 1 aliphatic heterocycles. The molecule has 0 aliphatic carbocycles. The molecule has 2 atom stereocenters. The molecule has 3 N–H and O–H groups in total. The summed E-state index contributed by atoms with van der Waals surface area (Å²) in [5.74, 6) is 1.66. The zero-order valence-corrected chi connectivity index (χ0v) is 18.0. The van der Waals surface area contributed by atoms with Gasteiger partial charge in [-0.15, -0.1) is 0 Å². The molecule has 2 unspecified atom stereocenters. The Morgan fingerprint density at radius 1 is 1.10 bits per heavy atom. The van der Waals surface area contributed by atoms with Crippen LogP contribution in [0.3, 0.4) is 0 Å². The predicted octanol–water partition coefficient (Wildman–Crippen LogP) is 4.03. The smallest absolute Gasteiger partial charge is 0.243 e. The molecule has 1 aromatic carbocycles. The van der Waals surface area contributed by atoms with Gasteiger partial charge in [0.25, 0.3) is 0 Å². The predicted molar refractivity (Wildman–Crippen MR) is 117 cm³/mol. The largest absolute Gasteiger partial charge is 0.454 e. The second-order valence-corrected chi connectivity index (χ2v) is 8.04. The second kappa shape index (κ2) is 13.1. The third-order valence-corrected chi connectivity index (χ3v) is 4.90. The van der Waals surface area contributed by atoms with Crippen LogP contribution in [0.2, 0.25) is 0 Å². The molecule has 6 heteroatoms. The van der Waals surface area contributed by atoms with Gasteiger partial charge in [0.05, 0.1) is 6.10 Å². The first kappa shape index (κ1) is 24.0. The quantitative estimate of drug-likeness (QED) is 0.256. The van der Waals surface area contributed by atoms with Crippen molar-refractivity contribution in [3.63, 3.8) is 0 Å². The maximum atomic E-state index is 11.5. The molecule has 0 radical (unpaired) electrons. The Kier molecular flexibility index (Phi) is 10.5. The van der Waals surface area contributed by atoms with Gasteiger partial charge in [-0.2, -0.15) is 0 Å². The lowest BCUT2D eigenvalue weighted by molar-refractivity contribution is -0.116. The summed E-state index contributed by atoms with van der Waals surface area (Å²) >= 11 is 0. The van der Waals surface area contributed by atoms with Crippen LogP contribution in [0.5, 0.6) is 11.5 Å². The van der Waals surface area contributed by atoms with Crippen molar-refractivity contribution in [2.24, 2.45) is 5.92 Å². The lowest BCUT2D eigenvalue weighted by atomic mass is 9.99. The van der Waals surface area contributed by atoms with E-state index in [9.17, 15) is 15.0 Å². The molecule has 0 spiro atoms. The molecule has 1 aliphatic rings. The zero-order chi connectivity index (χ0) is 21.8. The third-order valence-electron chi connectivity index (χ3n) is 4.90. The molecule has 1 heterocycles. The first-order valence-electron chi connectivity index (χ1n) is 10.8. The van der Waals surface area contributed by atoms with E-state index in [0.717, 1.165) is 32.1 Å². The average Bonchev–Trinajstić information content (AvgIpc) is 3.20. The van der Waals surface area contributed by atoms with Crippen molar-refractivity contribution in [2.45, 2.75) is 64.6 Å². The summed E-state index contributed by atoms with van der Waals surface area (Å²) in [6.07, 6.45) is 11.1. The minimum absolute atomic E-state index is 0.0603. The maximum Gasteiger partial charge on any atom is 0.243 e. The van der Waals surface area contributed by atoms with Gasteiger partial charge in [-0.05, 0) is 42.9 Å². The lowest BCUT2D eigenvalue weighted by Crippen LogP contribution is -2.25. The summed E-state index contributed by atoms with van der Waals surface area (Å²) < 4.78 is 10.6. The average molecular weight is 418 g/mol. The summed E-state index contributed by atoms with van der Waals surface area (Å²) in [6.45, 7) is 5.00. The van der Waals surface area contributed by atoms with Crippen LogP contribution in [-0.4, -0.2) is 35.6 Å². The number of carbonyl (C=O) groups is 1. The van der Waals surface area contributed by atoms with Crippen LogP contribution in [0.1, 0.15) is 64.0 Å². The van der Waals surface area contributed by atoms with Crippen LogP contribution in [-0.2, 0) is 4.79 Å². The Labute approximate surface area is 179 Å². The van der Waals surface area contributed by atoms with Gasteiger partial charge in [-0.1, -0.05) is 57.4 Å². The summed E-state index contributed by atoms with van der Waals surface area (Å²) in [6, 6.07) is 5.25. The molecule has 1 amide bonds. The second-order valence-electron chi connectivity index (χ2n) is 8.04. The first-order chi connectivity index (χ1) is 14.5. The molecule has 0 saturated carbocycles. The van der Waals surface area contributed by atoms with Crippen LogP contribution in [0.15, 0.2) is 42.5 Å². The number of carbonyl (C=O) groups excluding carboxylic acids is 1. The number of allylic oxidation sites excluding steroid dienone is 3. The number of aliphatic hydroxyl groups excluding tert-OH is 2. The molecule has 1 aromatic rings. The van der Waals surface area contributed by atoms with E-state index in [0.29, 0.717) is 35.9 Å². The van der Waals surface area contributed by atoms with E-state index in [1.165, 1.54) is 0 Å². The Bertz CT molecular complexity index is 714. The molecule has 166 valence electrons. The van der Waals surface area contributed by atoms with Crippen molar-refractivity contribution >= 4 is 5.91 Å². The van der Waals surface area contributed by atoms with Crippen LogP contribution >= 0.6 is 0 Å². The number of ether oxygens (including phenoxy) is 2. The number of benzene rings is 1. The monoisotopic (exact) mass is 417 g/mol. The first-order valence-corrected chi connectivity index (χ1v) is 10.8. The van der Waals surface area contributed by atoms with Gasteiger partial charge in [0.1, 0.15) is 6.10 Å². The van der Waals surface area contributed by atoms with Gasteiger partial charge in [-0.25, -0.2) is 0 Å². The fourth-order valence-electron chi connectivity index (χ4n) is 3.13. The number of unbranched alkanes of at least 4 members (excludes halogenated alkanes) is 4. The highest BCUT2D eigenvalue weighted by molar-refractivity contribution is 5.87. The van der Waals surface area contributed by atoms with Crippen LogP contribution in [0.25, 0.3) is 0 Å². The number of aliphatic hydroxyl groups is 2. The van der Waals surface area contributed by atoms with E-state index in [-0.39, 0.29) is 12.7 Å². The molecular formula is C24H35NO5. The third kappa shape index (κ3) is 8.59. The van der Waals surface area contributed by atoms with Gasteiger partial charge in [0.2, 0.25) is 12.7 Å². The van der Waals surface area contributed by atoms with Crippen molar-refractivity contribution in [3.05, 3.63) is 48.1 Å². The van der Waals surface area contributed by atoms with E-state index < -0.39 is 12.2 Å². The SMILES string of the molecule is CC(C)CNC(=O)/C=C/C=C/CCCCCCC(O)C(O)c1ccc2c(c1)OCO2. The topological polar surface area (TPSA) is 88.0 Å². The molecular weight excluding hydrogens is 382 g/mol. The van der Waals surface area contributed by atoms with Crippen LogP contribution < -0.4 is 14.8 Å². The molecule has 0 aromatic heterocycles. The summed E-state index contributed by atoms with van der Waals surface area (Å²) in [7, 11) is 0.